The fourth-order valence-corrected chi connectivity index (χ4v) is 3.80. The van der Waals surface area contributed by atoms with Gasteiger partial charge in [-0.25, -0.2) is 0 Å². The minimum absolute atomic E-state index is 0.243. The van der Waals surface area contributed by atoms with Gasteiger partial charge in [-0.1, -0.05) is 13.8 Å². The molecule has 2 N–H and O–H groups in total. The fourth-order valence-electron chi connectivity index (χ4n) is 2.28. The first-order valence-electron chi connectivity index (χ1n) is 5.69. The quantitative estimate of drug-likeness (QED) is 0.910. The van der Waals surface area contributed by atoms with Crippen molar-refractivity contribution < 1.29 is 0 Å². The van der Waals surface area contributed by atoms with Crippen LogP contribution in [0.3, 0.4) is 0 Å². The third kappa shape index (κ3) is 2.86. The molecule has 16 heavy (non-hydrogen) atoms. The van der Waals surface area contributed by atoms with E-state index < -0.39 is 0 Å². The normalized spacial score (nSPS) is 25.9. The summed E-state index contributed by atoms with van der Waals surface area (Å²) < 4.78 is 1.22. The SMILES string of the molecule is CC1(C)CN(Cc2ccc(Br)s2)CCC1N. The van der Waals surface area contributed by atoms with Gasteiger partial charge in [0, 0.05) is 30.6 Å². The molecule has 0 aromatic carbocycles. The van der Waals surface area contributed by atoms with Gasteiger partial charge >= 0.3 is 0 Å². The third-order valence-electron chi connectivity index (χ3n) is 3.40. The van der Waals surface area contributed by atoms with E-state index in [1.165, 1.54) is 8.66 Å². The van der Waals surface area contributed by atoms with E-state index in [2.05, 4.69) is 46.8 Å². The number of halogens is 1. The molecule has 1 aliphatic rings. The molecule has 1 aromatic rings. The average molecular weight is 303 g/mol. The standard InChI is InChI=1S/C12H19BrN2S/c1-12(2)8-15(6-5-10(12)14)7-9-3-4-11(13)16-9/h3-4,10H,5-8,14H2,1-2H3. The van der Waals surface area contributed by atoms with Gasteiger partial charge < -0.3 is 5.73 Å². The molecule has 0 radical (unpaired) electrons. The topological polar surface area (TPSA) is 29.3 Å². The van der Waals surface area contributed by atoms with E-state index in [1.807, 2.05) is 11.3 Å². The van der Waals surface area contributed by atoms with E-state index >= 15 is 0 Å². The zero-order valence-electron chi connectivity index (χ0n) is 9.87. The molecule has 1 atom stereocenters. The van der Waals surface area contributed by atoms with Crippen LogP contribution in [0.5, 0.6) is 0 Å². The smallest absolute Gasteiger partial charge is 0.0701 e. The largest absolute Gasteiger partial charge is 0.327 e. The molecular weight excluding hydrogens is 284 g/mol. The van der Waals surface area contributed by atoms with Crippen LogP contribution in [0.25, 0.3) is 0 Å². The Morgan fingerprint density at radius 3 is 2.88 bits per heavy atom. The zero-order chi connectivity index (χ0) is 11.8. The first-order valence-corrected chi connectivity index (χ1v) is 7.30. The van der Waals surface area contributed by atoms with E-state index in [0.717, 1.165) is 26.1 Å². The monoisotopic (exact) mass is 302 g/mol. The van der Waals surface area contributed by atoms with Crippen LogP contribution in [0, 0.1) is 5.41 Å². The summed E-state index contributed by atoms with van der Waals surface area (Å²) in [5.74, 6) is 0. The summed E-state index contributed by atoms with van der Waals surface area (Å²) in [7, 11) is 0. The molecule has 0 saturated carbocycles. The van der Waals surface area contributed by atoms with Gasteiger partial charge in [-0.3, -0.25) is 4.90 Å². The second-order valence-electron chi connectivity index (χ2n) is 5.30. The Balaban J connectivity index is 1.97. The Labute approximate surface area is 110 Å². The molecule has 0 bridgehead atoms. The van der Waals surface area contributed by atoms with Crippen molar-refractivity contribution in [3.8, 4) is 0 Å². The summed E-state index contributed by atoms with van der Waals surface area (Å²) in [5, 5.41) is 0. The van der Waals surface area contributed by atoms with Crippen molar-refractivity contribution in [2.24, 2.45) is 11.1 Å². The van der Waals surface area contributed by atoms with E-state index in [4.69, 9.17) is 5.73 Å². The molecule has 1 unspecified atom stereocenters. The highest BCUT2D eigenvalue weighted by Crippen LogP contribution is 2.30. The molecule has 90 valence electrons. The van der Waals surface area contributed by atoms with E-state index in [-0.39, 0.29) is 5.41 Å². The van der Waals surface area contributed by atoms with Crippen molar-refractivity contribution in [3.63, 3.8) is 0 Å². The van der Waals surface area contributed by atoms with Gasteiger partial charge in [-0.2, -0.15) is 0 Å². The highest BCUT2D eigenvalue weighted by molar-refractivity contribution is 9.11. The predicted molar refractivity (Wildman–Crippen MR) is 73.7 cm³/mol. The van der Waals surface area contributed by atoms with Gasteiger partial charge in [0.1, 0.15) is 0 Å². The number of piperidine rings is 1. The lowest BCUT2D eigenvalue weighted by molar-refractivity contribution is 0.0907. The number of hydrogen-bond acceptors (Lipinski definition) is 3. The molecule has 2 rings (SSSR count). The van der Waals surface area contributed by atoms with Crippen LogP contribution in [-0.4, -0.2) is 24.0 Å². The van der Waals surface area contributed by atoms with Crippen LogP contribution < -0.4 is 5.73 Å². The Bertz CT molecular complexity index is 362. The van der Waals surface area contributed by atoms with Crippen LogP contribution in [0.4, 0.5) is 0 Å². The summed E-state index contributed by atoms with van der Waals surface area (Å²) in [6.45, 7) is 7.83. The average Bonchev–Trinajstić information content (AvgIpc) is 2.57. The molecule has 0 amide bonds. The molecule has 1 fully saturated rings. The Morgan fingerprint density at radius 1 is 1.56 bits per heavy atom. The summed E-state index contributed by atoms with van der Waals surface area (Å²) in [6, 6.07) is 4.68. The van der Waals surface area contributed by atoms with Crippen LogP contribution >= 0.6 is 27.3 Å². The summed E-state index contributed by atoms with van der Waals surface area (Å²) in [6.07, 6.45) is 1.11. The van der Waals surface area contributed by atoms with Crippen LogP contribution in [0.1, 0.15) is 25.1 Å². The second kappa shape index (κ2) is 4.77. The van der Waals surface area contributed by atoms with Crippen molar-refractivity contribution in [1.82, 2.24) is 4.90 Å². The first-order chi connectivity index (χ1) is 7.47. The molecule has 0 aliphatic carbocycles. The summed E-state index contributed by atoms with van der Waals surface area (Å²) in [5.41, 5.74) is 6.38. The molecule has 2 heterocycles. The first kappa shape index (κ1) is 12.6. The van der Waals surface area contributed by atoms with E-state index in [9.17, 15) is 0 Å². The van der Waals surface area contributed by atoms with Crippen molar-refractivity contribution in [1.29, 1.82) is 0 Å². The molecule has 1 aliphatic heterocycles. The van der Waals surface area contributed by atoms with Gasteiger partial charge in [0.15, 0.2) is 0 Å². The molecule has 1 saturated heterocycles. The minimum Gasteiger partial charge on any atom is -0.327 e. The van der Waals surface area contributed by atoms with Gasteiger partial charge in [0.05, 0.1) is 3.79 Å². The molecule has 1 aromatic heterocycles. The lowest BCUT2D eigenvalue weighted by atomic mass is 9.80. The lowest BCUT2D eigenvalue weighted by Crippen LogP contribution is -2.51. The van der Waals surface area contributed by atoms with Gasteiger partial charge in [-0.05, 0) is 39.9 Å². The second-order valence-corrected chi connectivity index (χ2v) is 7.85. The van der Waals surface area contributed by atoms with Gasteiger partial charge in [0.25, 0.3) is 0 Å². The summed E-state index contributed by atoms with van der Waals surface area (Å²) in [4.78, 5) is 3.94. The lowest BCUT2D eigenvalue weighted by Gasteiger charge is -2.42. The van der Waals surface area contributed by atoms with Crippen LogP contribution in [0.2, 0.25) is 0 Å². The third-order valence-corrected chi connectivity index (χ3v) is 5.01. The number of hydrogen-bond donors (Lipinski definition) is 1. The maximum Gasteiger partial charge on any atom is 0.0701 e. The van der Waals surface area contributed by atoms with Gasteiger partial charge in [-0.15, -0.1) is 11.3 Å². The molecule has 0 spiro atoms. The molecule has 4 heteroatoms. The fraction of sp³-hybridized carbons (Fsp3) is 0.667. The van der Waals surface area contributed by atoms with Crippen LogP contribution in [-0.2, 0) is 6.54 Å². The zero-order valence-corrected chi connectivity index (χ0v) is 12.3. The van der Waals surface area contributed by atoms with Crippen molar-refractivity contribution >= 4 is 27.3 Å². The van der Waals surface area contributed by atoms with Crippen LogP contribution in [0.15, 0.2) is 15.9 Å². The number of nitrogens with two attached hydrogens (primary N) is 1. The number of thiophene rings is 1. The number of rotatable bonds is 2. The maximum atomic E-state index is 6.14. The molecular formula is C12H19BrN2S. The Morgan fingerprint density at radius 2 is 2.31 bits per heavy atom. The van der Waals surface area contributed by atoms with Crippen molar-refractivity contribution in [3.05, 3.63) is 20.8 Å². The predicted octanol–water partition coefficient (Wildman–Crippen LogP) is 3.07. The van der Waals surface area contributed by atoms with E-state index in [0.29, 0.717) is 6.04 Å². The highest BCUT2D eigenvalue weighted by Gasteiger charge is 2.33. The number of nitrogens with zero attached hydrogens (tertiary/aromatic N) is 1. The highest BCUT2D eigenvalue weighted by atomic mass is 79.9. The molecule has 2 nitrogen and oxygen atoms in total. The Hall–Kier alpha value is 0.1000. The Kier molecular flexibility index (Phi) is 3.74. The maximum absolute atomic E-state index is 6.14. The van der Waals surface area contributed by atoms with Crippen molar-refractivity contribution in [2.75, 3.05) is 13.1 Å². The van der Waals surface area contributed by atoms with Gasteiger partial charge in [0.2, 0.25) is 0 Å². The minimum atomic E-state index is 0.243. The number of likely N-dealkylation sites (tertiary alicyclic amines) is 1. The van der Waals surface area contributed by atoms with Crippen molar-refractivity contribution in [2.45, 2.75) is 32.9 Å². The summed E-state index contributed by atoms with van der Waals surface area (Å²) >= 11 is 5.34. The van der Waals surface area contributed by atoms with E-state index in [1.54, 1.807) is 0 Å².